The maximum atomic E-state index is 10.9. The summed E-state index contributed by atoms with van der Waals surface area (Å²) >= 11 is 0. The van der Waals surface area contributed by atoms with Crippen LogP contribution in [-0.4, -0.2) is 26.0 Å². The first-order chi connectivity index (χ1) is 8.61. The van der Waals surface area contributed by atoms with E-state index in [1.54, 1.807) is 35.0 Å². The molecule has 0 amide bonds. The SMILES string of the molecule is CCCc1cc(C(=O)O)nn1-c1ccc(O)cc1. The van der Waals surface area contributed by atoms with E-state index < -0.39 is 5.97 Å². The molecule has 5 heteroatoms. The number of hydrogen-bond donors (Lipinski definition) is 2. The highest BCUT2D eigenvalue weighted by molar-refractivity contribution is 5.85. The molecule has 1 heterocycles. The summed E-state index contributed by atoms with van der Waals surface area (Å²) in [6, 6.07) is 8.08. The summed E-state index contributed by atoms with van der Waals surface area (Å²) in [4.78, 5) is 10.9. The van der Waals surface area contributed by atoms with Crippen LogP contribution in [-0.2, 0) is 6.42 Å². The molecule has 0 fully saturated rings. The number of hydrogen-bond acceptors (Lipinski definition) is 3. The molecule has 2 N–H and O–H groups in total. The Kier molecular flexibility index (Phi) is 3.32. The van der Waals surface area contributed by atoms with Crippen LogP contribution < -0.4 is 0 Å². The van der Waals surface area contributed by atoms with Gasteiger partial charge in [-0.3, -0.25) is 0 Å². The number of benzene rings is 1. The smallest absolute Gasteiger partial charge is 0.356 e. The van der Waals surface area contributed by atoms with Crippen LogP contribution in [0.4, 0.5) is 0 Å². The fourth-order valence-corrected chi connectivity index (χ4v) is 1.78. The normalized spacial score (nSPS) is 10.5. The molecule has 0 atom stereocenters. The van der Waals surface area contributed by atoms with Gasteiger partial charge >= 0.3 is 5.97 Å². The third kappa shape index (κ3) is 2.34. The Morgan fingerprint density at radius 3 is 2.56 bits per heavy atom. The number of rotatable bonds is 4. The van der Waals surface area contributed by atoms with Gasteiger partial charge in [0.05, 0.1) is 5.69 Å². The Bertz CT molecular complexity index is 558. The van der Waals surface area contributed by atoms with Gasteiger partial charge in [0.2, 0.25) is 0 Å². The zero-order valence-electron chi connectivity index (χ0n) is 10.00. The number of carbonyl (C=O) groups is 1. The Hall–Kier alpha value is -2.30. The van der Waals surface area contributed by atoms with E-state index in [2.05, 4.69) is 5.10 Å². The number of nitrogens with zero attached hydrogens (tertiary/aromatic N) is 2. The third-order valence-electron chi connectivity index (χ3n) is 2.60. The molecular formula is C13H14N2O3. The van der Waals surface area contributed by atoms with Crippen molar-refractivity contribution in [3.8, 4) is 11.4 Å². The van der Waals surface area contributed by atoms with Gasteiger partial charge in [-0.15, -0.1) is 0 Å². The molecule has 1 aromatic heterocycles. The molecule has 0 radical (unpaired) electrons. The van der Waals surface area contributed by atoms with Crippen LogP contribution in [0.5, 0.6) is 5.75 Å². The molecule has 18 heavy (non-hydrogen) atoms. The molecule has 2 aromatic rings. The third-order valence-corrected chi connectivity index (χ3v) is 2.60. The minimum Gasteiger partial charge on any atom is -0.508 e. The summed E-state index contributed by atoms with van der Waals surface area (Å²) in [6.07, 6.45) is 1.66. The lowest BCUT2D eigenvalue weighted by Gasteiger charge is -2.06. The Balaban J connectivity index is 2.47. The van der Waals surface area contributed by atoms with E-state index in [4.69, 9.17) is 5.11 Å². The van der Waals surface area contributed by atoms with Gasteiger partial charge in [0.1, 0.15) is 5.75 Å². The minimum atomic E-state index is -1.04. The number of phenolic OH excluding ortho intramolecular Hbond substituents is 1. The lowest BCUT2D eigenvalue weighted by molar-refractivity contribution is 0.0690. The van der Waals surface area contributed by atoms with Crippen molar-refractivity contribution in [2.24, 2.45) is 0 Å². The van der Waals surface area contributed by atoms with Crippen molar-refractivity contribution in [1.29, 1.82) is 0 Å². The molecule has 0 aliphatic carbocycles. The van der Waals surface area contributed by atoms with E-state index in [0.29, 0.717) is 0 Å². The number of aromatic nitrogens is 2. The van der Waals surface area contributed by atoms with Crippen LogP contribution >= 0.6 is 0 Å². The van der Waals surface area contributed by atoms with Crippen molar-refractivity contribution >= 4 is 5.97 Å². The van der Waals surface area contributed by atoms with Crippen molar-refractivity contribution in [2.45, 2.75) is 19.8 Å². The van der Waals surface area contributed by atoms with E-state index in [-0.39, 0.29) is 11.4 Å². The average Bonchev–Trinajstić information content (AvgIpc) is 2.75. The van der Waals surface area contributed by atoms with Crippen LogP contribution in [0.3, 0.4) is 0 Å². The van der Waals surface area contributed by atoms with E-state index in [9.17, 15) is 9.90 Å². The molecule has 0 bridgehead atoms. The van der Waals surface area contributed by atoms with Crippen molar-refractivity contribution in [3.05, 3.63) is 41.7 Å². The summed E-state index contributed by atoms with van der Waals surface area (Å²) in [5, 5.41) is 22.3. The monoisotopic (exact) mass is 246 g/mol. The van der Waals surface area contributed by atoms with Gasteiger partial charge in [0.15, 0.2) is 5.69 Å². The predicted molar refractivity (Wildman–Crippen MR) is 66.2 cm³/mol. The standard InChI is InChI=1S/C13H14N2O3/c1-2-3-10-8-12(13(17)18)14-15(10)9-4-6-11(16)7-5-9/h4-8,16H,2-3H2,1H3,(H,17,18). The summed E-state index contributed by atoms with van der Waals surface area (Å²) in [5.74, 6) is -0.869. The molecule has 94 valence electrons. The fourth-order valence-electron chi connectivity index (χ4n) is 1.78. The first-order valence-corrected chi connectivity index (χ1v) is 5.73. The average molecular weight is 246 g/mol. The number of carboxylic acids is 1. The van der Waals surface area contributed by atoms with Gasteiger partial charge in [-0.25, -0.2) is 9.48 Å². The van der Waals surface area contributed by atoms with Gasteiger partial charge in [-0.2, -0.15) is 5.10 Å². The highest BCUT2D eigenvalue weighted by Crippen LogP contribution is 2.17. The zero-order valence-corrected chi connectivity index (χ0v) is 10.00. The minimum absolute atomic E-state index is 0.0338. The van der Waals surface area contributed by atoms with Gasteiger partial charge < -0.3 is 10.2 Å². The van der Waals surface area contributed by atoms with Crippen LogP contribution in [0.2, 0.25) is 0 Å². The predicted octanol–water partition coefficient (Wildman–Crippen LogP) is 2.23. The highest BCUT2D eigenvalue weighted by Gasteiger charge is 2.13. The summed E-state index contributed by atoms with van der Waals surface area (Å²) < 4.78 is 1.60. The molecule has 1 aromatic carbocycles. The van der Waals surface area contributed by atoms with Crippen LogP contribution in [0.1, 0.15) is 29.5 Å². The van der Waals surface area contributed by atoms with Crippen molar-refractivity contribution in [3.63, 3.8) is 0 Å². The number of carboxylic acid groups (broad SMARTS) is 1. The zero-order chi connectivity index (χ0) is 13.1. The molecule has 0 saturated carbocycles. The van der Waals surface area contributed by atoms with Crippen molar-refractivity contribution < 1.29 is 15.0 Å². The molecule has 0 aliphatic rings. The summed E-state index contributed by atoms with van der Waals surface area (Å²) in [7, 11) is 0. The quantitative estimate of drug-likeness (QED) is 0.867. The first kappa shape index (κ1) is 12.2. The first-order valence-electron chi connectivity index (χ1n) is 5.73. The fraction of sp³-hybridized carbons (Fsp3) is 0.231. The molecule has 5 nitrogen and oxygen atoms in total. The maximum absolute atomic E-state index is 10.9. The number of phenols is 1. The second kappa shape index (κ2) is 4.91. The Morgan fingerprint density at radius 1 is 1.33 bits per heavy atom. The molecule has 0 unspecified atom stereocenters. The lowest BCUT2D eigenvalue weighted by Crippen LogP contribution is -2.03. The van der Waals surface area contributed by atoms with E-state index >= 15 is 0 Å². The van der Waals surface area contributed by atoms with Crippen LogP contribution in [0.25, 0.3) is 5.69 Å². The van der Waals surface area contributed by atoms with Crippen LogP contribution in [0, 0.1) is 0 Å². The Labute approximate surface area is 104 Å². The van der Waals surface area contributed by atoms with Crippen molar-refractivity contribution in [2.75, 3.05) is 0 Å². The molecule has 2 rings (SSSR count). The largest absolute Gasteiger partial charge is 0.508 e. The summed E-state index contributed by atoms with van der Waals surface area (Å²) in [5.41, 5.74) is 1.62. The maximum Gasteiger partial charge on any atom is 0.356 e. The molecule has 0 saturated heterocycles. The Morgan fingerprint density at radius 2 is 2.00 bits per heavy atom. The second-order valence-electron chi connectivity index (χ2n) is 4.00. The summed E-state index contributed by atoms with van der Waals surface area (Å²) in [6.45, 7) is 2.02. The van der Waals surface area contributed by atoms with Gasteiger partial charge in [0, 0.05) is 5.69 Å². The molecular weight excluding hydrogens is 232 g/mol. The number of aromatic hydroxyl groups is 1. The highest BCUT2D eigenvalue weighted by atomic mass is 16.4. The lowest BCUT2D eigenvalue weighted by atomic mass is 10.2. The van der Waals surface area contributed by atoms with Crippen molar-refractivity contribution in [1.82, 2.24) is 9.78 Å². The second-order valence-corrected chi connectivity index (χ2v) is 4.00. The van der Waals surface area contributed by atoms with Gasteiger partial charge in [-0.05, 0) is 36.8 Å². The molecule has 0 aliphatic heterocycles. The van der Waals surface area contributed by atoms with E-state index in [1.165, 1.54) is 0 Å². The van der Waals surface area contributed by atoms with E-state index in [1.807, 2.05) is 6.92 Å². The van der Waals surface area contributed by atoms with Gasteiger partial charge in [0.25, 0.3) is 0 Å². The van der Waals surface area contributed by atoms with Crippen LogP contribution in [0.15, 0.2) is 30.3 Å². The number of aryl methyl sites for hydroxylation is 1. The number of aromatic carboxylic acids is 1. The topological polar surface area (TPSA) is 75.3 Å². The molecule has 0 spiro atoms. The van der Waals surface area contributed by atoms with Gasteiger partial charge in [-0.1, -0.05) is 13.3 Å². The van der Waals surface area contributed by atoms with E-state index in [0.717, 1.165) is 24.2 Å².